The maximum atomic E-state index is 13.4. The van der Waals surface area contributed by atoms with Crippen LogP contribution in [0.5, 0.6) is 11.5 Å². The number of likely N-dealkylation sites (tertiary alicyclic amines) is 1. The molecule has 2 aromatic heterocycles. The Kier molecular flexibility index (Phi) is 6.42. The highest BCUT2D eigenvalue weighted by molar-refractivity contribution is 7.98. The fourth-order valence-electron chi connectivity index (χ4n) is 3.66. The highest BCUT2D eigenvalue weighted by Gasteiger charge is 2.37. The molecule has 0 radical (unpaired) electrons. The number of ether oxygens (including phenoxy) is 2. The van der Waals surface area contributed by atoms with E-state index >= 15 is 0 Å². The van der Waals surface area contributed by atoms with Gasteiger partial charge in [0, 0.05) is 37.3 Å². The molecule has 1 aromatic carbocycles. The van der Waals surface area contributed by atoms with Crippen LogP contribution in [0.15, 0.2) is 23.5 Å². The largest absolute Gasteiger partial charge is 0.493 e. The van der Waals surface area contributed by atoms with E-state index in [0.717, 1.165) is 0 Å². The minimum absolute atomic E-state index is 0.138. The minimum Gasteiger partial charge on any atom is -0.493 e. The normalized spacial score (nSPS) is 15.8. The van der Waals surface area contributed by atoms with Crippen LogP contribution in [0, 0.1) is 11.3 Å². The number of H-pyrrole nitrogens is 1. The Bertz CT molecular complexity index is 1200. The second-order valence-corrected chi connectivity index (χ2v) is 8.49. The molecule has 1 aliphatic heterocycles. The van der Waals surface area contributed by atoms with Crippen LogP contribution >= 0.6 is 23.4 Å². The Balaban J connectivity index is 1.68. The number of hydrogen-bond donors (Lipinski definition) is 1. The number of nitrogens with zero attached hydrogens (tertiary/aromatic N) is 4. The second-order valence-electron chi connectivity index (χ2n) is 7.31. The number of nitriles is 1. The minimum atomic E-state index is -2.65. The average Bonchev–Trinajstić information content (AvgIpc) is 3.35. The lowest BCUT2D eigenvalue weighted by Gasteiger charge is -2.18. The number of rotatable bonds is 7. The first-order chi connectivity index (χ1) is 15.3. The van der Waals surface area contributed by atoms with Gasteiger partial charge in [-0.15, -0.1) is 0 Å². The summed E-state index contributed by atoms with van der Waals surface area (Å²) in [6.07, 6.45) is 3.29. The van der Waals surface area contributed by atoms with E-state index in [0.29, 0.717) is 62.6 Å². The SMILES string of the molecule is COc1cc(Cl)c(-c2nc(SC)nc3[nH]cc(C#N)c23)cc1OCCN1CCC(F)(F)C1. The topological polar surface area (TPSA) is 87.1 Å². The van der Waals surface area contributed by atoms with Gasteiger partial charge in [-0.3, -0.25) is 4.90 Å². The summed E-state index contributed by atoms with van der Waals surface area (Å²) in [6.45, 7) is 0.637. The van der Waals surface area contributed by atoms with Gasteiger partial charge in [-0.2, -0.15) is 5.26 Å². The lowest BCUT2D eigenvalue weighted by atomic mass is 10.1. The number of thioether (sulfide) groups is 1. The molecule has 32 heavy (non-hydrogen) atoms. The van der Waals surface area contributed by atoms with E-state index in [1.807, 2.05) is 6.26 Å². The molecular weight excluding hydrogens is 460 g/mol. The fourth-order valence-corrected chi connectivity index (χ4v) is 4.27. The number of alkyl halides is 2. The lowest BCUT2D eigenvalue weighted by Crippen LogP contribution is -2.29. The third-order valence-corrected chi connectivity index (χ3v) is 6.10. The van der Waals surface area contributed by atoms with Crippen LogP contribution in [0.1, 0.15) is 12.0 Å². The van der Waals surface area contributed by atoms with Crippen molar-refractivity contribution < 1.29 is 18.3 Å². The van der Waals surface area contributed by atoms with Crippen LogP contribution in [0.4, 0.5) is 8.78 Å². The predicted molar refractivity (Wildman–Crippen MR) is 119 cm³/mol. The molecule has 3 heterocycles. The van der Waals surface area contributed by atoms with Crippen molar-refractivity contribution in [3.63, 3.8) is 0 Å². The monoisotopic (exact) mass is 479 g/mol. The summed E-state index contributed by atoms with van der Waals surface area (Å²) < 4.78 is 38.1. The van der Waals surface area contributed by atoms with E-state index < -0.39 is 5.92 Å². The first-order valence-electron chi connectivity index (χ1n) is 9.79. The molecule has 1 fully saturated rings. The van der Waals surface area contributed by atoms with Crippen molar-refractivity contribution in [2.24, 2.45) is 0 Å². The molecule has 4 rings (SSSR count). The number of benzene rings is 1. The summed E-state index contributed by atoms with van der Waals surface area (Å²) >= 11 is 7.92. The van der Waals surface area contributed by atoms with Crippen molar-refractivity contribution in [1.29, 1.82) is 5.26 Å². The molecular formula is C21H20ClF2N5O2S. The van der Waals surface area contributed by atoms with Crippen LogP contribution in [0.2, 0.25) is 5.02 Å². The van der Waals surface area contributed by atoms with Gasteiger partial charge in [-0.25, -0.2) is 18.7 Å². The Hall–Kier alpha value is -2.61. The molecule has 1 aliphatic rings. The zero-order valence-corrected chi connectivity index (χ0v) is 19.0. The van der Waals surface area contributed by atoms with E-state index in [9.17, 15) is 14.0 Å². The van der Waals surface area contributed by atoms with Gasteiger partial charge < -0.3 is 14.5 Å². The summed E-state index contributed by atoms with van der Waals surface area (Å²) in [4.78, 5) is 13.7. The molecule has 0 spiro atoms. The number of hydrogen-bond acceptors (Lipinski definition) is 7. The number of aromatic amines is 1. The highest BCUT2D eigenvalue weighted by atomic mass is 35.5. The number of methoxy groups -OCH3 is 1. The average molecular weight is 480 g/mol. The molecule has 1 saturated heterocycles. The van der Waals surface area contributed by atoms with Gasteiger partial charge >= 0.3 is 0 Å². The van der Waals surface area contributed by atoms with E-state index in [1.54, 1.807) is 23.2 Å². The van der Waals surface area contributed by atoms with Crippen LogP contribution in [-0.4, -0.2) is 65.4 Å². The highest BCUT2D eigenvalue weighted by Crippen LogP contribution is 2.41. The van der Waals surface area contributed by atoms with Gasteiger partial charge in [0.2, 0.25) is 0 Å². The van der Waals surface area contributed by atoms with Gasteiger partial charge in [-0.05, 0) is 12.3 Å². The maximum absolute atomic E-state index is 13.4. The molecule has 0 atom stereocenters. The first-order valence-corrected chi connectivity index (χ1v) is 11.4. The first kappa shape index (κ1) is 22.6. The molecule has 3 aromatic rings. The molecule has 0 saturated carbocycles. The standard InChI is InChI=1S/C21H20ClF2N5O2S/c1-30-15-8-14(22)13(7-16(15)31-6-5-29-4-3-21(23,24)11-29)18-17-12(9-25)10-26-19(17)28-20(27-18)32-2/h7-8,10H,3-6,11H2,1-2H3,(H,26,27,28). The predicted octanol–water partition coefficient (Wildman–Crippen LogP) is 4.60. The van der Waals surface area contributed by atoms with Crippen LogP contribution in [0.25, 0.3) is 22.3 Å². The Labute approximate surface area is 192 Å². The van der Waals surface area contributed by atoms with Crippen LogP contribution < -0.4 is 9.47 Å². The number of nitrogens with one attached hydrogen (secondary N) is 1. The third-order valence-electron chi connectivity index (χ3n) is 5.24. The molecule has 1 N–H and O–H groups in total. The molecule has 7 nitrogen and oxygen atoms in total. The van der Waals surface area contributed by atoms with Crippen molar-refractivity contribution in [1.82, 2.24) is 19.9 Å². The molecule has 0 amide bonds. The fraction of sp³-hybridized carbons (Fsp3) is 0.381. The Morgan fingerprint density at radius 1 is 1.34 bits per heavy atom. The van der Waals surface area contributed by atoms with E-state index in [-0.39, 0.29) is 19.6 Å². The quantitative estimate of drug-likeness (QED) is 0.391. The zero-order chi connectivity index (χ0) is 22.9. The van der Waals surface area contributed by atoms with Crippen molar-refractivity contribution in [2.45, 2.75) is 17.5 Å². The second kappa shape index (κ2) is 9.10. The Morgan fingerprint density at radius 2 is 2.16 bits per heavy atom. The molecule has 0 bridgehead atoms. The lowest BCUT2D eigenvalue weighted by molar-refractivity contribution is 0.0112. The molecule has 0 unspecified atom stereocenters. The smallest absolute Gasteiger partial charge is 0.261 e. The van der Waals surface area contributed by atoms with Crippen molar-refractivity contribution >= 4 is 34.4 Å². The van der Waals surface area contributed by atoms with Crippen LogP contribution in [0.3, 0.4) is 0 Å². The van der Waals surface area contributed by atoms with Crippen molar-refractivity contribution in [3.05, 3.63) is 28.9 Å². The molecule has 0 aliphatic carbocycles. The summed E-state index contributed by atoms with van der Waals surface area (Å²) in [5, 5.41) is 11.0. The van der Waals surface area contributed by atoms with Gasteiger partial charge in [-0.1, -0.05) is 23.4 Å². The van der Waals surface area contributed by atoms with Crippen molar-refractivity contribution in [2.75, 3.05) is 39.6 Å². The molecule has 168 valence electrons. The van der Waals surface area contributed by atoms with Gasteiger partial charge in [0.25, 0.3) is 5.92 Å². The number of aromatic nitrogens is 3. The summed E-state index contributed by atoms with van der Waals surface area (Å²) in [7, 11) is 1.49. The molecule has 11 heteroatoms. The number of halogens is 3. The summed E-state index contributed by atoms with van der Waals surface area (Å²) in [6, 6.07) is 5.45. The van der Waals surface area contributed by atoms with Gasteiger partial charge in [0.1, 0.15) is 18.3 Å². The maximum Gasteiger partial charge on any atom is 0.261 e. The van der Waals surface area contributed by atoms with Crippen LogP contribution in [-0.2, 0) is 0 Å². The van der Waals surface area contributed by atoms with E-state index in [4.69, 9.17) is 21.1 Å². The summed E-state index contributed by atoms with van der Waals surface area (Å²) in [5.74, 6) is -1.83. The van der Waals surface area contributed by atoms with Crippen molar-refractivity contribution in [3.8, 4) is 28.8 Å². The zero-order valence-electron chi connectivity index (χ0n) is 17.4. The summed E-state index contributed by atoms with van der Waals surface area (Å²) in [5.41, 5.74) is 1.97. The van der Waals surface area contributed by atoms with E-state index in [1.165, 1.54) is 18.9 Å². The van der Waals surface area contributed by atoms with Gasteiger partial charge in [0.15, 0.2) is 16.7 Å². The number of fused-ring (bicyclic) bond motifs is 1. The van der Waals surface area contributed by atoms with E-state index in [2.05, 4.69) is 21.0 Å². The Morgan fingerprint density at radius 3 is 2.81 bits per heavy atom. The third kappa shape index (κ3) is 4.46. The van der Waals surface area contributed by atoms with Gasteiger partial charge in [0.05, 0.1) is 35.3 Å².